The first kappa shape index (κ1) is 15.7. The van der Waals surface area contributed by atoms with Crippen LogP contribution in [0.5, 0.6) is 0 Å². The monoisotopic (exact) mass is 372 g/mol. The molecule has 2 rings (SSSR count). The second-order valence-electron chi connectivity index (χ2n) is 4.45. The van der Waals surface area contributed by atoms with E-state index in [1.54, 1.807) is 0 Å². The standard InChI is InChI=1S/C11H12BrF3N2O2S/c12-9-2-1-7(11(13,14)15)5-10(9)20(18,19)17-8-3-4-16-6-8/h1-2,5,8,16-17H,3-4,6H2. The van der Waals surface area contributed by atoms with Gasteiger partial charge in [0.1, 0.15) is 0 Å². The fraction of sp³-hybridized carbons (Fsp3) is 0.455. The van der Waals surface area contributed by atoms with Crippen LogP contribution in [-0.4, -0.2) is 27.5 Å². The van der Waals surface area contributed by atoms with E-state index >= 15 is 0 Å². The van der Waals surface area contributed by atoms with Gasteiger partial charge in [0.25, 0.3) is 0 Å². The van der Waals surface area contributed by atoms with Gasteiger partial charge in [-0.25, -0.2) is 13.1 Å². The fourth-order valence-electron chi connectivity index (χ4n) is 1.92. The summed E-state index contributed by atoms with van der Waals surface area (Å²) >= 11 is 2.98. The topological polar surface area (TPSA) is 58.2 Å². The number of benzene rings is 1. The number of hydrogen-bond acceptors (Lipinski definition) is 3. The molecule has 112 valence electrons. The molecule has 0 saturated carbocycles. The number of rotatable bonds is 3. The van der Waals surface area contributed by atoms with E-state index in [9.17, 15) is 21.6 Å². The van der Waals surface area contributed by atoms with Crippen molar-refractivity contribution >= 4 is 26.0 Å². The molecule has 9 heteroatoms. The number of sulfonamides is 1. The maximum absolute atomic E-state index is 12.7. The highest BCUT2D eigenvalue weighted by molar-refractivity contribution is 9.10. The molecule has 20 heavy (non-hydrogen) atoms. The largest absolute Gasteiger partial charge is 0.416 e. The molecule has 1 saturated heterocycles. The summed E-state index contributed by atoms with van der Waals surface area (Å²) in [5.74, 6) is 0. The second-order valence-corrected chi connectivity index (χ2v) is 6.99. The molecule has 0 spiro atoms. The summed E-state index contributed by atoms with van der Waals surface area (Å²) in [4.78, 5) is -0.403. The van der Waals surface area contributed by atoms with Crippen molar-refractivity contribution in [2.75, 3.05) is 13.1 Å². The summed E-state index contributed by atoms with van der Waals surface area (Å²) in [5.41, 5.74) is -0.995. The van der Waals surface area contributed by atoms with Crippen molar-refractivity contribution in [1.29, 1.82) is 0 Å². The molecule has 0 amide bonds. The van der Waals surface area contributed by atoms with Crippen LogP contribution in [0.2, 0.25) is 0 Å². The Morgan fingerprint density at radius 3 is 2.60 bits per heavy atom. The van der Waals surface area contributed by atoms with Crippen LogP contribution in [0.1, 0.15) is 12.0 Å². The van der Waals surface area contributed by atoms with Gasteiger partial charge in [0, 0.05) is 17.1 Å². The van der Waals surface area contributed by atoms with Gasteiger partial charge in [-0.2, -0.15) is 13.2 Å². The number of halogens is 4. The summed E-state index contributed by atoms with van der Waals surface area (Å²) in [6, 6.07) is 2.25. The SMILES string of the molecule is O=S(=O)(NC1CCNC1)c1cc(C(F)(F)F)ccc1Br. The highest BCUT2D eigenvalue weighted by atomic mass is 79.9. The third kappa shape index (κ3) is 3.51. The molecule has 0 aliphatic carbocycles. The fourth-order valence-corrected chi connectivity index (χ4v) is 4.18. The summed E-state index contributed by atoms with van der Waals surface area (Å²) in [6.45, 7) is 1.15. The van der Waals surface area contributed by atoms with E-state index in [1.807, 2.05) is 0 Å². The Morgan fingerprint density at radius 1 is 1.35 bits per heavy atom. The molecule has 1 aromatic carbocycles. The maximum Gasteiger partial charge on any atom is 0.416 e. The van der Waals surface area contributed by atoms with Crippen molar-refractivity contribution in [1.82, 2.24) is 10.0 Å². The minimum Gasteiger partial charge on any atom is -0.315 e. The van der Waals surface area contributed by atoms with Crippen LogP contribution >= 0.6 is 15.9 Å². The zero-order valence-corrected chi connectivity index (χ0v) is 12.6. The van der Waals surface area contributed by atoms with Gasteiger partial charge in [0.2, 0.25) is 10.0 Å². The lowest BCUT2D eigenvalue weighted by Crippen LogP contribution is -2.36. The number of alkyl halides is 3. The van der Waals surface area contributed by atoms with Gasteiger partial charge >= 0.3 is 6.18 Å². The Kier molecular flexibility index (Phi) is 4.43. The molecule has 0 aromatic heterocycles. The highest BCUT2D eigenvalue weighted by Crippen LogP contribution is 2.33. The molecule has 0 bridgehead atoms. The molecule has 1 aliphatic rings. The van der Waals surface area contributed by atoms with Crippen molar-refractivity contribution in [2.24, 2.45) is 0 Å². The zero-order chi connectivity index (χ0) is 15.0. The smallest absolute Gasteiger partial charge is 0.315 e. The molecule has 1 fully saturated rings. The lowest BCUT2D eigenvalue weighted by Gasteiger charge is -2.15. The normalized spacial score (nSPS) is 20.3. The van der Waals surface area contributed by atoms with E-state index < -0.39 is 26.7 Å². The molecule has 0 radical (unpaired) electrons. The van der Waals surface area contributed by atoms with Crippen LogP contribution < -0.4 is 10.0 Å². The van der Waals surface area contributed by atoms with Gasteiger partial charge in [-0.15, -0.1) is 0 Å². The molecule has 1 heterocycles. The van der Waals surface area contributed by atoms with Crippen LogP contribution in [0.4, 0.5) is 13.2 Å². The molecule has 1 unspecified atom stereocenters. The minimum absolute atomic E-state index is 0.101. The van der Waals surface area contributed by atoms with Crippen molar-refractivity contribution in [3.63, 3.8) is 0 Å². The van der Waals surface area contributed by atoms with E-state index in [2.05, 4.69) is 26.0 Å². The Morgan fingerprint density at radius 2 is 2.05 bits per heavy atom. The Labute approximate surface area is 122 Å². The van der Waals surface area contributed by atoms with E-state index in [0.717, 1.165) is 12.1 Å². The summed E-state index contributed by atoms with van der Waals surface area (Å²) in [7, 11) is -3.99. The Balaban J connectivity index is 2.35. The lowest BCUT2D eigenvalue weighted by molar-refractivity contribution is -0.137. The molecule has 1 aliphatic heterocycles. The van der Waals surface area contributed by atoms with Gasteiger partial charge in [0.05, 0.1) is 10.5 Å². The van der Waals surface area contributed by atoms with Gasteiger partial charge in [-0.05, 0) is 47.1 Å². The first-order valence-electron chi connectivity index (χ1n) is 5.80. The first-order valence-corrected chi connectivity index (χ1v) is 8.07. The quantitative estimate of drug-likeness (QED) is 0.854. The zero-order valence-electron chi connectivity index (χ0n) is 10.2. The van der Waals surface area contributed by atoms with Crippen LogP contribution in [0, 0.1) is 0 Å². The predicted octanol–water partition coefficient (Wildman–Crippen LogP) is 2.11. The molecule has 1 aromatic rings. The van der Waals surface area contributed by atoms with Crippen molar-refractivity contribution < 1.29 is 21.6 Å². The van der Waals surface area contributed by atoms with E-state index in [-0.39, 0.29) is 10.5 Å². The molecular weight excluding hydrogens is 361 g/mol. The van der Waals surface area contributed by atoms with E-state index in [4.69, 9.17) is 0 Å². The van der Waals surface area contributed by atoms with Crippen LogP contribution in [0.25, 0.3) is 0 Å². The average Bonchev–Trinajstić information content (AvgIpc) is 2.79. The Bertz CT molecular complexity index is 598. The number of hydrogen-bond donors (Lipinski definition) is 2. The third-order valence-electron chi connectivity index (χ3n) is 2.93. The van der Waals surface area contributed by atoms with Gasteiger partial charge in [-0.1, -0.05) is 0 Å². The van der Waals surface area contributed by atoms with Crippen LogP contribution in [0.15, 0.2) is 27.6 Å². The molecular formula is C11H12BrF3N2O2S. The van der Waals surface area contributed by atoms with E-state index in [0.29, 0.717) is 25.6 Å². The predicted molar refractivity (Wildman–Crippen MR) is 70.7 cm³/mol. The van der Waals surface area contributed by atoms with Gasteiger partial charge in [-0.3, -0.25) is 0 Å². The average molecular weight is 373 g/mol. The lowest BCUT2D eigenvalue weighted by atomic mass is 10.2. The van der Waals surface area contributed by atoms with Gasteiger partial charge < -0.3 is 5.32 Å². The highest BCUT2D eigenvalue weighted by Gasteiger charge is 2.33. The van der Waals surface area contributed by atoms with Gasteiger partial charge in [0.15, 0.2) is 0 Å². The summed E-state index contributed by atoms with van der Waals surface area (Å²) < 4.78 is 64.8. The molecule has 1 atom stereocenters. The summed E-state index contributed by atoms with van der Waals surface area (Å²) in [6.07, 6.45) is -3.98. The van der Waals surface area contributed by atoms with Crippen molar-refractivity contribution in [3.8, 4) is 0 Å². The van der Waals surface area contributed by atoms with Crippen LogP contribution in [0.3, 0.4) is 0 Å². The number of nitrogens with one attached hydrogen (secondary N) is 2. The third-order valence-corrected chi connectivity index (χ3v) is 5.44. The second kappa shape index (κ2) is 5.63. The summed E-state index contributed by atoms with van der Waals surface area (Å²) in [5, 5.41) is 2.98. The van der Waals surface area contributed by atoms with Crippen molar-refractivity contribution in [2.45, 2.75) is 23.5 Å². The molecule has 4 nitrogen and oxygen atoms in total. The maximum atomic E-state index is 12.7. The van der Waals surface area contributed by atoms with Crippen molar-refractivity contribution in [3.05, 3.63) is 28.2 Å². The van der Waals surface area contributed by atoms with E-state index in [1.165, 1.54) is 0 Å². The molecule has 2 N–H and O–H groups in total. The first-order chi connectivity index (χ1) is 9.20. The minimum atomic E-state index is -4.58. The Hall–Kier alpha value is -0.640. The van der Waals surface area contributed by atoms with Crippen LogP contribution in [-0.2, 0) is 16.2 Å².